The van der Waals surface area contributed by atoms with Crippen molar-refractivity contribution in [1.82, 2.24) is 9.66 Å². The molecule has 0 aromatic carbocycles. The summed E-state index contributed by atoms with van der Waals surface area (Å²) >= 11 is 0. The minimum Gasteiger partial charge on any atom is -0.290 e. The first kappa shape index (κ1) is 12.0. The maximum absolute atomic E-state index is 12.0. The lowest BCUT2D eigenvalue weighted by Gasteiger charge is -2.15. The Kier molecular flexibility index (Phi) is 3.23. The van der Waals surface area contributed by atoms with Gasteiger partial charge in [-0.25, -0.2) is 0 Å². The van der Waals surface area contributed by atoms with Crippen LogP contribution in [-0.2, 0) is 0 Å². The molecule has 2 aromatic heterocycles. The number of amides is 1. The third-order valence-corrected chi connectivity index (χ3v) is 2.54. The van der Waals surface area contributed by atoms with Crippen LogP contribution in [0.3, 0.4) is 0 Å². The number of carbonyl (C=O) groups is 1. The fraction of sp³-hybridized carbons (Fsp3) is 0.154. The minimum absolute atomic E-state index is 0.0723. The number of nitrogens with one attached hydrogen (secondary N) is 1. The van der Waals surface area contributed by atoms with Gasteiger partial charge in [0.2, 0.25) is 0 Å². The van der Waals surface area contributed by atoms with E-state index in [1.54, 1.807) is 36.9 Å². The third-order valence-electron chi connectivity index (χ3n) is 2.54. The highest BCUT2D eigenvalue weighted by Gasteiger charge is 2.08. The Labute approximate surface area is 104 Å². The van der Waals surface area contributed by atoms with Crippen LogP contribution in [0, 0.1) is 13.8 Å². The van der Waals surface area contributed by atoms with E-state index in [0.29, 0.717) is 17.0 Å². The number of hydrogen-bond acceptors (Lipinski definition) is 3. The molecule has 0 fully saturated rings. The molecule has 0 atom stereocenters. The Morgan fingerprint density at radius 3 is 2.50 bits per heavy atom. The van der Waals surface area contributed by atoms with Crippen LogP contribution in [0.25, 0.3) is 0 Å². The molecule has 0 radical (unpaired) electrons. The molecule has 0 aliphatic carbocycles. The van der Waals surface area contributed by atoms with Crippen molar-refractivity contribution in [2.45, 2.75) is 13.8 Å². The van der Waals surface area contributed by atoms with Crippen molar-refractivity contribution in [2.75, 3.05) is 5.43 Å². The molecule has 0 spiro atoms. The zero-order chi connectivity index (χ0) is 13.1. The second-order valence-corrected chi connectivity index (χ2v) is 3.99. The summed E-state index contributed by atoms with van der Waals surface area (Å²) in [5, 5.41) is 0. The fourth-order valence-electron chi connectivity index (χ4n) is 1.70. The molecule has 0 bridgehead atoms. The van der Waals surface area contributed by atoms with E-state index in [0.717, 1.165) is 0 Å². The van der Waals surface area contributed by atoms with E-state index in [9.17, 15) is 9.59 Å². The Bertz CT molecular complexity index is 606. The topological polar surface area (TPSA) is 64.0 Å². The summed E-state index contributed by atoms with van der Waals surface area (Å²) in [5.74, 6) is -0.266. The van der Waals surface area contributed by atoms with Crippen molar-refractivity contribution in [3.63, 3.8) is 0 Å². The fourth-order valence-corrected chi connectivity index (χ4v) is 1.70. The molecule has 2 rings (SSSR count). The average Bonchev–Trinajstić information content (AvgIpc) is 2.34. The molecule has 0 saturated heterocycles. The summed E-state index contributed by atoms with van der Waals surface area (Å²) in [7, 11) is 0. The van der Waals surface area contributed by atoms with E-state index >= 15 is 0 Å². The standard InChI is InChI=1S/C13H13N3O2/c1-9-6-12(17)7-10(2)16(9)15-13(18)11-4-3-5-14-8-11/h3-8H,1-2H3,(H,15,18). The van der Waals surface area contributed by atoms with Gasteiger partial charge in [0.15, 0.2) is 5.43 Å². The van der Waals surface area contributed by atoms with Crippen LogP contribution in [-0.4, -0.2) is 15.6 Å². The highest BCUT2D eigenvalue weighted by Crippen LogP contribution is 2.01. The van der Waals surface area contributed by atoms with Crippen LogP contribution in [0.5, 0.6) is 0 Å². The van der Waals surface area contributed by atoms with Gasteiger partial charge in [0, 0.05) is 35.9 Å². The molecule has 0 unspecified atom stereocenters. The number of aromatic nitrogens is 2. The average molecular weight is 243 g/mol. The van der Waals surface area contributed by atoms with Crippen molar-refractivity contribution in [2.24, 2.45) is 0 Å². The SMILES string of the molecule is Cc1cc(=O)cc(C)n1NC(=O)c1cccnc1. The van der Waals surface area contributed by atoms with Crippen LogP contribution in [0.15, 0.2) is 41.5 Å². The molecule has 0 saturated carbocycles. The van der Waals surface area contributed by atoms with Crippen LogP contribution in [0.1, 0.15) is 21.7 Å². The molecular weight excluding hydrogens is 230 g/mol. The molecular formula is C13H13N3O2. The maximum atomic E-state index is 12.0. The normalized spacial score (nSPS) is 10.1. The first-order valence-corrected chi connectivity index (χ1v) is 5.49. The summed E-state index contributed by atoms with van der Waals surface area (Å²) in [6, 6.07) is 6.31. The summed E-state index contributed by atoms with van der Waals surface area (Å²) < 4.78 is 1.58. The molecule has 18 heavy (non-hydrogen) atoms. The summed E-state index contributed by atoms with van der Waals surface area (Å²) in [6.45, 7) is 3.52. The van der Waals surface area contributed by atoms with E-state index in [2.05, 4.69) is 10.4 Å². The number of carbonyl (C=O) groups excluding carboxylic acids is 1. The first-order valence-electron chi connectivity index (χ1n) is 5.49. The van der Waals surface area contributed by atoms with Crippen LogP contribution < -0.4 is 10.9 Å². The first-order chi connectivity index (χ1) is 8.58. The van der Waals surface area contributed by atoms with Gasteiger partial charge in [0.1, 0.15) is 0 Å². The highest BCUT2D eigenvalue weighted by molar-refractivity contribution is 5.99. The van der Waals surface area contributed by atoms with E-state index in [4.69, 9.17) is 0 Å². The lowest BCUT2D eigenvalue weighted by molar-refractivity contribution is 0.101. The van der Waals surface area contributed by atoms with Gasteiger partial charge in [-0.3, -0.25) is 24.7 Å². The van der Waals surface area contributed by atoms with Gasteiger partial charge in [0.05, 0.1) is 5.56 Å². The maximum Gasteiger partial charge on any atom is 0.271 e. The number of nitrogens with zero attached hydrogens (tertiary/aromatic N) is 2. The predicted molar refractivity (Wildman–Crippen MR) is 68.1 cm³/mol. The summed E-state index contributed by atoms with van der Waals surface area (Å²) in [5.41, 5.74) is 4.47. The van der Waals surface area contributed by atoms with E-state index in [-0.39, 0.29) is 11.3 Å². The van der Waals surface area contributed by atoms with Gasteiger partial charge < -0.3 is 0 Å². The van der Waals surface area contributed by atoms with Gasteiger partial charge in [-0.2, -0.15) is 0 Å². The summed E-state index contributed by atoms with van der Waals surface area (Å²) in [4.78, 5) is 27.1. The highest BCUT2D eigenvalue weighted by atomic mass is 16.2. The van der Waals surface area contributed by atoms with Crippen molar-refractivity contribution in [3.8, 4) is 0 Å². The lowest BCUT2D eigenvalue weighted by Crippen LogP contribution is -2.28. The van der Waals surface area contributed by atoms with Gasteiger partial charge in [-0.15, -0.1) is 0 Å². The van der Waals surface area contributed by atoms with Gasteiger partial charge in [0.25, 0.3) is 5.91 Å². The Hall–Kier alpha value is -2.43. The minimum atomic E-state index is -0.266. The Balaban J connectivity index is 2.31. The third kappa shape index (κ3) is 2.45. The molecule has 0 aliphatic heterocycles. The van der Waals surface area contributed by atoms with Gasteiger partial charge >= 0.3 is 0 Å². The van der Waals surface area contributed by atoms with E-state index in [1.165, 1.54) is 18.3 Å². The molecule has 1 N–H and O–H groups in total. The van der Waals surface area contributed by atoms with E-state index in [1.807, 2.05) is 0 Å². The number of pyridine rings is 2. The quantitative estimate of drug-likeness (QED) is 0.863. The number of rotatable bonds is 2. The van der Waals surface area contributed by atoms with Gasteiger partial charge in [-0.05, 0) is 26.0 Å². The summed E-state index contributed by atoms with van der Waals surface area (Å²) in [6.07, 6.45) is 3.09. The van der Waals surface area contributed by atoms with Crippen LogP contribution in [0.4, 0.5) is 0 Å². The molecule has 2 heterocycles. The van der Waals surface area contributed by atoms with Crippen molar-refractivity contribution in [3.05, 3.63) is 63.8 Å². The molecule has 1 amide bonds. The molecule has 5 nitrogen and oxygen atoms in total. The Morgan fingerprint density at radius 1 is 1.28 bits per heavy atom. The Morgan fingerprint density at radius 2 is 1.94 bits per heavy atom. The zero-order valence-corrected chi connectivity index (χ0v) is 10.2. The predicted octanol–water partition coefficient (Wildman–Crippen LogP) is 1.24. The van der Waals surface area contributed by atoms with E-state index < -0.39 is 0 Å². The second kappa shape index (κ2) is 4.83. The van der Waals surface area contributed by atoms with Crippen molar-refractivity contribution in [1.29, 1.82) is 0 Å². The molecule has 0 aliphatic rings. The molecule has 2 aromatic rings. The van der Waals surface area contributed by atoms with Gasteiger partial charge in [-0.1, -0.05) is 0 Å². The van der Waals surface area contributed by atoms with Crippen LogP contribution in [0.2, 0.25) is 0 Å². The number of hydrogen-bond donors (Lipinski definition) is 1. The largest absolute Gasteiger partial charge is 0.290 e. The second-order valence-electron chi connectivity index (χ2n) is 3.99. The number of aryl methyl sites for hydroxylation is 2. The molecule has 5 heteroatoms. The zero-order valence-electron chi connectivity index (χ0n) is 10.2. The lowest BCUT2D eigenvalue weighted by atomic mass is 10.3. The van der Waals surface area contributed by atoms with Crippen molar-refractivity contribution < 1.29 is 4.79 Å². The van der Waals surface area contributed by atoms with Crippen LogP contribution >= 0.6 is 0 Å². The monoisotopic (exact) mass is 243 g/mol. The molecule has 92 valence electrons. The van der Waals surface area contributed by atoms with Crippen molar-refractivity contribution >= 4 is 5.91 Å². The smallest absolute Gasteiger partial charge is 0.271 e.